The van der Waals surface area contributed by atoms with E-state index in [-0.39, 0.29) is 57.8 Å². The molecule has 0 radical (unpaired) electrons. The third-order valence-corrected chi connectivity index (χ3v) is 24.0. The number of hydrogen-bond acceptors (Lipinski definition) is 9. The molecule has 6 saturated carbocycles. The number of allylic oxidation sites excluding steroid dienone is 2. The number of ether oxygens (including phenoxy) is 1. The summed E-state index contributed by atoms with van der Waals surface area (Å²) in [5.41, 5.74) is 10.2. The Labute approximate surface area is 431 Å². The van der Waals surface area contributed by atoms with Gasteiger partial charge in [-0.05, 0) is 215 Å². The normalized spacial score (nSPS) is 47.1. The molecular weight excluding hydrogens is 895 g/mol. The SMILES string of the molecule is CNCc1cc(O)cc(C2CC3(C)C4C(CC56C7CCC8CCCCC8C(CC(O)C8OC8(C)C8CCCC8c8cccc(N)c8)C8=C(CCC35)C6(C)C(CC7)C8=O)NCC(C)(O)CCCCC4(C)C2=O)c1. The van der Waals surface area contributed by atoms with E-state index in [1.165, 1.54) is 36.8 Å². The lowest BCUT2D eigenvalue weighted by Gasteiger charge is -2.75. The van der Waals surface area contributed by atoms with E-state index in [2.05, 4.69) is 62.6 Å². The van der Waals surface area contributed by atoms with Gasteiger partial charge in [-0.1, -0.05) is 83.1 Å². The fraction of sp³-hybridized carbons (Fsp3) is 0.746. The molecule has 9 nitrogen and oxygen atoms in total. The summed E-state index contributed by atoms with van der Waals surface area (Å²) in [5, 5.41) is 43.5. The van der Waals surface area contributed by atoms with Gasteiger partial charge in [-0.15, -0.1) is 0 Å². The third-order valence-electron chi connectivity index (χ3n) is 24.0. The zero-order chi connectivity index (χ0) is 50.3. The van der Waals surface area contributed by atoms with Crippen LogP contribution in [0.4, 0.5) is 5.69 Å². The molecule has 1 spiro atoms. The number of carbonyl (C=O) groups is 2. The van der Waals surface area contributed by atoms with E-state index < -0.39 is 22.7 Å². The summed E-state index contributed by atoms with van der Waals surface area (Å²) in [6.07, 6.45) is 18.9. The van der Waals surface area contributed by atoms with Gasteiger partial charge in [0.25, 0.3) is 0 Å². The first-order chi connectivity index (χ1) is 34.4. The van der Waals surface area contributed by atoms with E-state index in [0.717, 1.165) is 112 Å². The summed E-state index contributed by atoms with van der Waals surface area (Å²) in [6, 6.07) is 14.3. The Hall–Kier alpha value is -3.08. The predicted molar refractivity (Wildman–Crippen MR) is 283 cm³/mol. The molecule has 19 atom stereocenters. The fourth-order valence-corrected chi connectivity index (χ4v) is 21.3. The lowest BCUT2D eigenvalue weighted by molar-refractivity contribution is -0.240. The number of nitrogen functional groups attached to an aromatic ring is 1. The quantitative estimate of drug-likeness (QED) is 0.112. The van der Waals surface area contributed by atoms with Crippen LogP contribution in [0.15, 0.2) is 53.6 Å². The van der Waals surface area contributed by atoms with Crippen molar-refractivity contribution in [3.63, 3.8) is 0 Å². The lowest BCUT2D eigenvalue weighted by atomic mass is 9.29. The number of phenols is 1. The van der Waals surface area contributed by atoms with Crippen LogP contribution in [0.25, 0.3) is 0 Å². The number of hydrogen-bond donors (Lipinski definition) is 6. The molecular formula is C63H89N3O6. The van der Waals surface area contributed by atoms with Crippen molar-refractivity contribution in [2.45, 2.75) is 211 Å². The van der Waals surface area contributed by atoms with Crippen molar-refractivity contribution in [3.8, 4) is 5.75 Å². The largest absolute Gasteiger partial charge is 0.508 e. The molecule has 2 aliphatic heterocycles. The number of aliphatic hydroxyl groups excluding tert-OH is 1. The van der Waals surface area contributed by atoms with Crippen LogP contribution in [0.2, 0.25) is 0 Å². The second-order valence-corrected chi connectivity index (χ2v) is 27.5. The van der Waals surface area contributed by atoms with Gasteiger partial charge in [-0.25, -0.2) is 0 Å². The number of Topliss-reactive ketones (excluding diaryl/α,β-unsaturated/α-hetero) is 2. The molecule has 392 valence electrons. The van der Waals surface area contributed by atoms with Crippen LogP contribution in [0.3, 0.4) is 0 Å². The van der Waals surface area contributed by atoms with Crippen molar-refractivity contribution in [1.82, 2.24) is 10.6 Å². The number of nitrogens with two attached hydrogens (primary N) is 1. The van der Waals surface area contributed by atoms with E-state index in [4.69, 9.17) is 10.5 Å². The van der Waals surface area contributed by atoms with E-state index in [9.17, 15) is 15.3 Å². The van der Waals surface area contributed by atoms with Gasteiger partial charge in [0.1, 0.15) is 17.6 Å². The molecule has 5 bridgehead atoms. The number of anilines is 1. The second kappa shape index (κ2) is 17.7. The smallest absolute Gasteiger partial charge is 0.163 e. The molecule has 10 aliphatic rings. The van der Waals surface area contributed by atoms with Crippen LogP contribution in [0.5, 0.6) is 5.75 Å². The first kappa shape index (κ1) is 49.8. The number of phenolic OH excluding ortho intramolecular Hbond substituents is 1. The zero-order valence-corrected chi connectivity index (χ0v) is 44.7. The zero-order valence-electron chi connectivity index (χ0n) is 44.7. The molecule has 2 aromatic rings. The fourth-order valence-electron chi connectivity index (χ4n) is 21.3. The highest BCUT2D eigenvalue weighted by Crippen LogP contribution is 2.81. The van der Waals surface area contributed by atoms with Gasteiger partial charge in [0.15, 0.2) is 5.78 Å². The van der Waals surface area contributed by atoms with Crippen LogP contribution < -0.4 is 16.4 Å². The molecule has 8 aliphatic carbocycles. The van der Waals surface area contributed by atoms with Crippen molar-refractivity contribution in [2.24, 2.45) is 69.0 Å². The molecule has 72 heavy (non-hydrogen) atoms. The predicted octanol–water partition coefficient (Wildman–Crippen LogP) is 11.1. The van der Waals surface area contributed by atoms with Crippen molar-refractivity contribution < 1.29 is 29.6 Å². The van der Waals surface area contributed by atoms with Crippen molar-refractivity contribution >= 4 is 17.3 Å². The summed E-state index contributed by atoms with van der Waals surface area (Å²) in [7, 11) is 1.93. The molecule has 2 aromatic carbocycles. The van der Waals surface area contributed by atoms with E-state index in [1.54, 1.807) is 0 Å². The van der Waals surface area contributed by atoms with Crippen LogP contribution in [0.1, 0.15) is 192 Å². The summed E-state index contributed by atoms with van der Waals surface area (Å²) >= 11 is 0. The highest BCUT2D eigenvalue weighted by atomic mass is 16.6. The van der Waals surface area contributed by atoms with Gasteiger partial charge in [0.2, 0.25) is 0 Å². The first-order valence-corrected chi connectivity index (χ1v) is 29.3. The van der Waals surface area contributed by atoms with Gasteiger partial charge in [-0.3, -0.25) is 9.59 Å². The van der Waals surface area contributed by atoms with Gasteiger partial charge >= 0.3 is 0 Å². The van der Waals surface area contributed by atoms with Crippen LogP contribution in [-0.2, 0) is 20.9 Å². The van der Waals surface area contributed by atoms with Crippen molar-refractivity contribution in [3.05, 3.63) is 70.3 Å². The number of aromatic hydroxyl groups is 1. The summed E-state index contributed by atoms with van der Waals surface area (Å²) in [6.45, 7) is 12.8. The molecule has 9 heteroatoms. The van der Waals surface area contributed by atoms with Crippen LogP contribution >= 0.6 is 0 Å². The molecule has 2 heterocycles. The molecule has 8 fully saturated rings. The molecule has 19 unspecified atom stereocenters. The van der Waals surface area contributed by atoms with Gasteiger partial charge in [0.05, 0.1) is 17.3 Å². The maximum absolute atomic E-state index is 16.2. The van der Waals surface area contributed by atoms with E-state index in [1.807, 2.05) is 32.2 Å². The second-order valence-electron chi connectivity index (χ2n) is 27.5. The van der Waals surface area contributed by atoms with Gasteiger partial charge in [-0.2, -0.15) is 0 Å². The molecule has 0 amide bonds. The highest BCUT2D eigenvalue weighted by Gasteiger charge is 2.78. The number of benzene rings is 2. The summed E-state index contributed by atoms with van der Waals surface area (Å²) in [5.74, 6) is 2.85. The number of β-amino-alcohol motifs (C(OH)–C–C–N with tert-alkyl or cyclic N) is 1. The maximum Gasteiger partial charge on any atom is 0.163 e. The highest BCUT2D eigenvalue weighted by molar-refractivity contribution is 6.03. The number of carbonyl (C=O) groups excluding carboxylic acids is 2. The number of rotatable bonds is 8. The van der Waals surface area contributed by atoms with Crippen molar-refractivity contribution in [2.75, 3.05) is 19.3 Å². The topological polar surface area (TPSA) is 157 Å². The minimum atomic E-state index is -0.863. The lowest BCUT2D eigenvalue weighted by Crippen LogP contribution is -2.74. The minimum absolute atomic E-state index is 0.00784. The molecule has 12 rings (SSSR count). The maximum atomic E-state index is 16.2. The Balaban J connectivity index is 0.973. The number of fused-ring (bicyclic) bond motifs is 2. The van der Waals surface area contributed by atoms with E-state index in [0.29, 0.717) is 73.0 Å². The Morgan fingerprint density at radius 1 is 0.861 bits per heavy atom. The number of ketones is 2. The molecule has 0 aromatic heterocycles. The number of epoxide rings is 1. The van der Waals surface area contributed by atoms with Gasteiger partial charge < -0.3 is 36.4 Å². The summed E-state index contributed by atoms with van der Waals surface area (Å²) in [4.78, 5) is 32.0. The number of nitrogens with one attached hydrogen (secondary N) is 2. The van der Waals surface area contributed by atoms with Crippen LogP contribution in [0, 0.1) is 69.0 Å². The van der Waals surface area contributed by atoms with E-state index >= 15 is 9.59 Å². The first-order valence-electron chi connectivity index (χ1n) is 29.3. The minimum Gasteiger partial charge on any atom is -0.508 e. The molecule has 7 N–H and O–H groups in total. The average molecular weight is 984 g/mol. The Morgan fingerprint density at radius 3 is 2.46 bits per heavy atom. The Morgan fingerprint density at radius 2 is 1.65 bits per heavy atom. The Kier molecular flexibility index (Phi) is 12.3. The molecule has 2 saturated heterocycles. The average Bonchev–Trinajstić information content (AvgIpc) is 3.67. The summed E-state index contributed by atoms with van der Waals surface area (Å²) < 4.78 is 6.82. The van der Waals surface area contributed by atoms with Crippen molar-refractivity contribution in [1.29, 1.82) is 0 Å². The van der Waals surface area contributed by atoms with Gasteiger partial charge in [0, 0.05) is 47.5 Å². The van der Waals surface area contributed by atoms with Crippen LogP contribution in [-0.4, -0.2) is 69.9 Å². The monoisotopic (exact) mass is 984 g/mol. The standard InChI is InChI=1S/C63H89N3O6/c1-58(71)25-9-10-26-59(2)55-50(66-35-58)33-63-40-20-19-37-13-7-8-16-43(37)45(31-51(68)57-62(5,72-57)47-18-12-17-44(47)38-14-11-15-41(64)29-38)53-48(61(63,4)49(22-21-40)54(53)69)23-24-52(63)60(55,3)32-46(56(59)70)39-27-36(34-65-6)28-42(67)30-39/h11,14-15,27-30,37,40,43-47,49-52,55,57,65-68,71H,7-10,12-13,16-26,31-35,64H2,1-6H3. The Bertz CT molecular complexity index is 2500. The number of aliphatic hydroxyl groups is 2. The third kappa shape index (κ3) is 7.35.